The van der Waals surface area contributed by atoms with Gasteiger partial charge in [-0.1, -0.05) is 5.16 Å². The Morgan fingerprint density at radius 1 is 1.48 bits per heavy atom. The molecule has 2 heterocycles. The quantitative estimate of drug-likeness (QED) is 0.930. The fraction of sp³-hybridized carbons (Fsp3) is 0.538. The molecule has 2 aromatic rings. The van der Waals surface area contributed by atoms with Crippen molar-refractivity contribution in [1.82, 2.24) is 25.2 Å². The Labute approximate surface area is 122 Å². The monoisotopic (exact) mass is 293 g/mol. The second kappa shape index (κ2) is 5.55. The van der Waals surface area contributed by atoms with Gasteiger partial charge in [-0.05, 0) is 27.7 Å². The lowest BCUT2D eigenvalue weighted by Crippen LogP contribution is -2.34. The lowest BCUT2D eigenvalue weighted by atomic mass is 10.2. The van der Waals surface area contributed by atoms with E-state index in [1.807, 2.05) is 0 Å². The van der Waals surface area contributed by atoms with Crippen LogP contribution in [0.4, 0.5) is 4.79 Å². The van der Waals surface area contributed by atoms with Crippen molar-refractivity contribution in [2.75, 3.05) is 0 Å². The number of hydrogen-bond acceptors (Lipinski definition) is 6. The molecule has 8 heteroatoms. The third-order valence-electron chi connectivity index (χ3n) is 2.51. The summed E-state index contributed by atoms with van der Waals surface area (Å²) >= 11 is 0. The van der Waals surface area contributed by atoms with Gasteiger partial charge in [-0.25, -0.2) is 4.79 Å². The molecule has 0 aromatic carbocycles. The summed E-state index contributed by atoms with van der Waals surface area (Å²) in [7, 11) is 1.80. The highest BCUT2D eigenvalue weighted by Crippen LogP contribution is 2.18. The molecule has 0 saturated carbocycles. The third kappa shape index (κ3) is 4.04. The number of rotatable bonds is 3. The molecule has 0 saturated heterocycles. The minimum absolute atomic E-state index is 0.305. The minimum atomic E-state index is -0.556. The molecule has 2 rings (SSSR count). The summed E-state index contributed by atoms with van der Waals surface area (Å²) in [4.78, 5) is 15.9. The molecular formula is C13H19N5O3. The highest BCUT2D eigenvalue weighted by Gasteiger charge is 2.21. The smallest absolute Gasteiger partial charge is 0.408 e. The van der Waals surface area contributed by atoms with Crippen LogP contribution in [-0.2, 0) is 11.8 Å². The van der Waals surface area contributed by atoms with Gasteiger partial charge in [0.2, 0.25) is 11.7 Å². The van der Waals surface area contributed by atoms with Crippen LogP contribution < -0.4 is 5.32 Å². The van der Waals surface area contributed by atoms with E-state index in [-0.39, 0.29) is 0 Å². The number of hydrogen-bond donors (Lipinski definition) is 1. The normalized spacial score (nSPS) is 13.0. The standard InChI is InChI=1S/C13H19N5O3/c1-8(15-12(19)20-13(2,3)4)11-16-10(17-21-11)9-6-14-18(5)7-9/h6-8H,1-5H3,(H,15,19). The van der Waals surface area contributed by atoms with Crippen LogP contribution in [0.1, 0.15) is 39.6 Å². The van der Waals surface area contributed by atoms with Crippen LogP contribution in [0.15, 0.2) is 16.9 Å². The Balaban J connectivity index is 2.02. The minimum Gasteiger partial charge on any atom is -0.444 e. The van der Waals surface area contributed by atoms with Gasteiger partial charge in [0, 0.05) is 13.2 Å². The Morgan fingerprint density at radius 3 is 2.76 bits per heavy atom. The zero-order chi connectivity index (χ0) is 15.6. The highest BCUT2D eigenvalue weighted by atomic mass is 16.6. The Morgan fingerprint density at radius 2 is 2.19 bits per heavy atom. The number of nitrogens with zero attached hydrogens (tertiary/aromatic N) is 4. The van der Waals surface area contributed by atoms with Gasteiger partial charge in [0.1, 0.15) is 11.6 Å². The van der Waals surface area contributed by atoms with Crippen molar-refractivity contribution in [1.29, 1.82) is 0 Å². The van der Waals surface area contributed by atoms with Gasteiger partial charge in [-0.15, -0.1) is 0 Å². The molecule has 8 nitrogen and oxygen atoms in total. The number of aromatic nitrogens is 4. The van der Waals surface area contributed by atoms with Crippen LogP contribution in [-0.4, -0.2) is 31.6 Å². The maximum absolute atomic E-state index is 11.7. The average Bonchev–Trinajstić information content (AvgIpc) is 2.93. The number of aryl methyl sites for hydroxylation is 1. The van der Waals surface area contributed by atoms with Gasteiger partial charge in [-0.2, -0.15) is 10.1 Å². The third-order valence-corrected chi connectivity index (χ3v) is 2.51. The summed E-state index contributed by atoms with van der Waals surface area (Å²) in [6.07, 6.45) is 2.89. The number of amides is 1. The molecule has 0 aliphatic carbocycles. The second-order valence-corrected chi connectivity index (χ2v) is 5.73. The van der Waals surface area contributed by atoms with Gasteiger partial charge < -0.3 is 14.6 Å². The van der Waals surface area contributed by atoms with Crippen molar-refractivity contribution < 1.29 is 14.1 Å². The molecule has 1 unspecified atom stereocenters. The molecule has 1 amide bonds. The van der Waals surface area contributed by atoms with Crippen molar-refractivity contribution in [2.45, 2.75) is 39.3 Å². The Kier molecular flexibility index (Phi) is 3.97. The molecule has 1 N–H and O–H groups in total. The summed E-state index contributed by atoms with van der Waals surface area (Å²) in [5, 5.41) is 10.6. The number of alkyl carbamates (subject to hydrolysis) is 1. The molecule has 0 aliphatic heterocycles. The molecule has 21 heavy (non-hydrogen) atoms. The molecule has 114 valence electrons. The lowest BCUT2D eigenvalue weighted by Gasteiger charge is -2.20. The summed E-state index contributed by atoms with van der Waals surface area (Å²) in [6.45, 7) is 7.13. The van der Waals surface area contributed by atoms with Gasteiger partial charge in [0.15, 0.2) is 0 Å². The average molecular weight is 293 g/mol. The van der Waals surface area contributed by atoms with Crippen molar-refractivity contribution in [3.63, 3.8) is 0 Å². The van der Waals surface area contributed by atoms with Crippen molar-refractivity contribution in [2.24, 2.45) is 7.05 Å². The number of carbonyl (C=O) groups is 1. The zero-order valence-electron chi connectivity index (χ0n) is 12.7. The van der Waals surface area contributed by atoms with Gasteiger partial charge in [0.25, 0.3) is 0 Å². The number of ether oxygens (including phenoxy) is 1. The molecule has 0 bridgehead atoms. The van der Waals surface area contributed by atoms with Crippen LogP contribution in [0.25, 0.3) is 11.4 Å². The maximum atomic E-state index is 11.7. The maximum Gasteiger partial charge on any atom is 0.408 e. The van der Waals surface area contributed by atoms with Gasteiger partial charge >= 0.3 is 6.09 Å². The Bertz CT molecular complexity index is 626. The van der Waals surface area contributed by atoms with Gasteiger partial charge in [0.05, 0.1) is 11.8 Å². The van der Waals surface area contributed by atoms with Crippen LogP contribution in [0.3, 0.4) is 0 Å². The highest BCUT2D eigenvalue weighted by molar-refractivity contribution is 5.68. The summed E-state index contributed by atoms with van der Waals surface area (Å²) in [6, 6.07) is -0.447. The second-order valence-electron chi connectivity index (χ2n) is 5.73. The van der Waals surface area contributed by atoms with Crippen molar-refractivity contribution in [3.8, 4) is 11.4 Å². The summed E-state index contributed by atoms with van der Waals surface area (Å²) in [5.74, 6) is 0.732. The van der Waals surface area contributed by atoms with E-state index in [4.69, 9.17) is 9.26 Å². The Hall–Kier alpha value is -2.38. The van der Waals surface area contributed by atoms with Crippen molar-refractivity contribution >= 4 is 6.09 Å². The van der Waals surface area contributed by atoms with E-state index in [1.165, 1.54) is 0 Å². The molecule has 0 spiro atoms. The molecule has 0 fully saturated rings. The van der Waals surface area contributed by atoms with Crippen LogP contribution >= 0.6 is 0 Å². The summed E-state index contributed by atoms with van der Waals surface area (Å²) in [5.41, 5.74) is 0.191. The van der Waals surface area contributed by atoms with E-state index in [1.54, 1.807) is 51.8 Å². The van der Waals surface area contributed by atoms with Crippen LogP contribution in [0, 0.1) is 0 Å². The van der Waals surface area contributed by atoms with E-state index in [0.717, 1.165) is 5.56 Å². The van der Waals surface area contributed by atoms with E-state index < -0.39 is 17.7 Å². The SMILES string of the molecule is CC(NC(=O)OC(C)(C)C)c1nc(-c2cnn(C)c2)no1. The molecular weight excluding hydrogens is 274 g/mol. The molecule has 1 atom stereocenters. The lowest BCUT2D eigenvalue weighted by molar-refractivity contribution is 0.0499. The fourth-order valence-corrected chi connectivity index (χ4v) is 1.61. The predicted molar refractivity (Wildman–Crippen MR) is 74.3 cm³/mol. The first-order valence-corrected chi connectivity index (χ1v) is 6.57. The zero-order valence-corrected chi connectivity index (χ0v) is 12.7. The number of nitrogens with one attached hydrogen (secondary N) is 1. The van der Waals surface area contributed by atoms with Gasteiger partial charge in [-0.3, -0.25) is 4.68 Å². The van der Waals surface area contributed by atoms with E-state index in [9.17, 15) is 4.79 Å². The number of carbonyl (C=O) groups excluding carboxylic acids is 1. The first kappa shape index (κ1) is 15.0. The summed E-state index contributed by atoms with van der Waals surface area (Å²) < 4.78 is 12.0. The topological polar surface area (TPSA) is 95.1 Å². The van der Waals surface area contributed by atoms with E-state index in [2.05, 4.69) is 20.6 Å². The largest absolute Gasteiger partial charge is 0.444 e. The van der Waals surface area contributed by atoms with Crippen molar-refractivity contribution in [3.05, 3.63) is 18.3 Å². The predicted octanol–water partition coefficient (Wildman–Crippen LogP) is 2.06. The first-order chi connectivity index (χ1) is 9.74. The molecule has 2 aromatic heterocycles. The molecule has 0 aliphatic rings. The molecule has 0 radical (unpaired) electrons. The van der Waals surface area contributed by atoms with E-state index in [0.29, 0.717) is 11.7 Å². The first-order valence-electron chi connectivity index (χ1n) is 6.57. The fourth-order valence-electron chi connectivity index (χ4n) is 1.61. The van der Waals surface area contributed by atoms with Crippen LogP contribution in [0.2, 0.25) is 0 Å². The van der Waals surface area contributed by atoms with E-state index >= 15 is 0 Å². The van der Waals surface area contributed by atoms with Crippen LogP contribution in [0.5, 0.6) is 0 Å².